The molecule has 0 aliphatic heterocycles. The van der Waals surface area contributed by atoms with Crippen LogP contribution in [0.15, 0.2) is 18.9 Å². The van der Waals surface area contributed by atoms with Crippen molar-refractivity contribution in [2.45, 2.75) is 19.8 Å². The van der Waals surface area contributed by atoms with Crippen LogP contribution in [0.5, 0.6) is 0 Å². The molecule has 2 N–H and O–H groups in total. The zero-order valence-electron chi connectivity index (χ0n) is 9.45. The lowest BCUT2D eigenvalue weighted by atomic mass is 10.1. The Hall–Kier alpha value is -1.78. The summed E-state index contributed by atoms with van der Waals surface area (Å²) >= 11 is 0. The number of nitrogens with zero attached hydrogens (tertiary/aromatic N) is 1. The molecule has 0 aromatic carbocycles. The molecule has 0 fully saturated rings. The monoisotopic (exact) mass is 223 g/mol. The summed E-state index contributed by atoms with van der Waals surface area (Å²) in [5, 5.41) is 9.46. The predicted octanol–water partition coefficient (Wildman–Crippen LogP) is 1.56. The Kier molecular flexibility index (Phi) is 5.11. The van der Waals surface area contributed by atoms with Crippen LogP contribution in [0.2, 0.25) is 0 Å². The van der Waals surface area contributed by atoms with E-state index in [1.807, 2.05) is 13.1 Å². The quantitative estimate of drug-likeness (QED) is 0.568. The van der Waals surface area contributed by atoms with Gasteiger partial charge in [-0.25, -0.2) is 4.79 Å². The van der Waals surface area contributed by atoms with Crippen LogP contribution in [0.3, 0.4) is 0 Å². The maximum Gasteiger partial charge on any atom is 0.407 e. The summed E-state index contributed by atoms with van der Waals surface area (Å²) in [5.41, 5.74) is 2.26. The van der Waals surface area contributed by atoms with Crippen LogP contribution in [0, 0.1) is 6.92 Å². The highest BCUT2D eigenvalue weighted by Crippen LogP contribution is 2.04. The Morgan fingerprint density at radius 3 is 3.19 bits per heavy atom. The maximum atomic E-state index is 11.0. The molecule has 0 aliphatic rings. The smallest absolute Gasteiger partial charge is 0.407 e. The van der Waals surface area contributed by atoms with Crippen molar-refractivity contribution < 1.29 is 9.53 Å². The number of aromatic nitrogens is 2. The van der Waals surface area contributed by atoms with E-state index < -0.39 is 6.09 Å². The lowest BCUT2D eigenvalue weighted by molar-refractivity contribution is 0.158. The van der Waals surface area contributed by atoms with E-state index in [0.717, 1.165) is 18.5 Å². The van der Waals surface area contributed by atoms with E-state index in [1.165, 1.54) is 11.6 Å². The zero-order chi connectivity index (χ0) is 11.8. The van der Waals surface area contributed by atoms with Crippen molar-refractivity contribution in [1.82, 2.24) is 15.5 Å². The number of aryl methyl sites for hydroxylation is 2. The second-order valence-electron chi connectivity index (χ2n) is 3.44. The number of amides is 1. The van der Waals surface area contributed by atoms with Gasteiger partial charge in [-0.1, -0.05) is 12.7 Å². The second-order valence-corrected chi connectivity index (χ2v) is 3.44. The van der Waals surface area contributed by atoms with Crippen LogP contribution < -0.4 is 5.32 Å². The summed E-state index contributed by atoms with van der Waals surface area (Å²) in [6, 6.07) is 0. The summed E-state index contributed by atoms with van der Waals surface area (Å²) in [6.07, 6.45) is 4.71. The lowest BCUT2D eigenvalue weighted by Crippen LogP contribution is -2.25. The SMILES string of the molecule is C=CCOC(=O)NCCCc1cn[nH]c1C. The third-order valence-corrected chi connectivity index (χ3v) is 2.16. The Labute approximate surface area is 94.9 Å². The van der Waals surface area contributed by atoms with E-state index in [0.29, 0.717) is 6.54 Å². The first-order chi connectivity index (χ1) is 7.74. The molecule has 0 unspecified atom stereocenters. The van der Waals surface area contributed by atoms with E-state index in [9.17, 15) is 4.79 Å². The highest BCUT2D eigenvalue weighted by molar-refractivity contribution is 5.67. The minimum absolute atomic E-state index is 0.243. The Bertz CT molecular complexity index is 347. The fourth-order valence-corrected chi connectivity index (χ4v) is 1.28. The topological polar surface area (TPSA) is 67.0 Å². The number of carbonyl (C=O) groups is 1. The van der Waals surface area contributed by atoms with Crippen LogP contribution in [-0.2, 0) is 11.2 Å². The number of aromatic amines is 1. The number of rotatable bonds is 6. The molecule has 0 spiro atoms. The van der Waals surface area contributed by atoms with Crippen molar-refractivity contribution >= 4 is 6.09 Å². The third-order valence-electron chi connectivity index (χ3n) is 2.16. The maximum absolute atomic E-state index is 11.0. The summed E-state index contributed by atoms with van der Waals surface area (Å²) < 4.78 is 4.77. The van der Waals surface area contributed by atoms with Crippen molar-refractivity contribution in [2.75, 3.05) is 13.2 Å². The number of nitrogens with one attached hydrogen (secondary N) is 2. The molecule has 0 bridgehead atoms. The molecule has 1 rings (SSSR count). The number of alkyl carbamates (subject to hydrolysis) is 1. The fourth-order valence-electron chi connectivity index (χ4n) is 1.28. The number of hydrogen-bond donors (Lipinski definition) is 2. The van der Waals surface area contributed by atoms with Crippen molar-refractivity contribution in [3.8, 4) is 0 Å². The lowest BCUT2D eigenvalue weighted by Gasteiger charge is -2.04. The molecule has 0 radical (unpaired) electrons. The molecular formula is C11H17N3O2. The van der Waals surface area contributed by atoms with Gasteiger partial charge in [0.25, 0.3) is 0 Å². The molecule has 1 aromatic heterocycles. The number of hydrogen-bond acceptors (Lipinski definition) is 3. The molecule has 0 atom stereocenters. The number of carbonyl (C=O) groups excluding carboxylic acids is 1. The van der Waals surface area contributed by atoms with E-state index in [1.54, 1.807) is 0 Å². The summed E-state index contributed by atoms with van der Waals surface area (Å²) in [6.45, 7) is 6.28. The normalized spacial score (nSPS) is 9.81. The van der Waals surface area contributed by atoms with Gasteiger partial charge in [-0.2, -0.15) is 5.10 Å². The fraction of sp³-hybridized carbons (Fsp3) is 0.455. The van der Waals surface area contributed by atoms with E-state index in [4.69, 9.17) is 4.74 Å². The number of ether oxygens (including phenoxy) is 1. The minimum atomic E-state index is -0.399. The van der Waals surface area contributed by atoms with Crippen LogP contribution in [0.4, 0.5) is 4.79 Å². The van der Waals surface area contributed by atoms with Crippen molar-refractivity contribution in [1.29, 1.82) is 0 Å². The molecule has 88 valence electrons. The molecule has 1 heterocycles. The van der Waals surface area contributed by atoms with Gasteiger partial charge >= 0.3 is 6.09 Å². The average molecular weight is 223 g/mol. The van der Waals surface area contributed by atoms with Gasteiger partial charge < -0.3 is 10.1 Å². The van der Waals surface area contributed by atoms with Crippen LogP contribution in [0.1, 0.15) is 17.7 Å². The Balaban J connectivity index is 2.10. The zero-order valence-corrected chi connectivity index (χ0v) is 9.45. The van der Waals surface area contributed by atoms with Gasteiger partial charge in [0, 0.05) is 12.2 Å². The van der Waals surface area contributed by atoms with E-state index in [2.05, 4.69) is 22.1 Å². The Morgan fingerprint density at radius 2 is 2.56 bits per heavy atom. The second kappa shape index (κ2) is 6.66. The average Bonchev–Trinajstić information content (AvgIpc) is 2.67. The van der Waals surface area contributed by atoms with Gasteiger partial charge in [-0.3, -0.25) is 5.10 Å². The van der Waals surface area contributed by atoms with E-state index in [-0.39, 0.29) is 6.61 Å². The molecule has 0 saturated heterocycles. The van der Waals surface area contributed by atoms with Crippen molar-refractivity contribution in [2.24, 2.45) is 0 Å². The highest BCUT2D eigenvalue weighted by atomic mass is 16.5. The molecular weight excluding hydrogens is 206 g/mol. The first-order valence-corrected chi connectivity index (χ1v) is 5.24. The van der Waals surface area contributed by atoms with Crippen molar-refractivity contribution in [3.05, 3.63) is 30.1 Å². The predicted molar refractivity (Wildman–Crippen MR) is 61.2 cm³/mol. The van der Waals surface area contributed by atoms with Gasteiger partial charge in [0.15, 0.2) is 0 Å². The van der Waals surface area contributed by atoms with Gasteiger partial charge in [0.2, 0.25) is 0 Å². The van der Waals surface area contributed by atoms with Gasteiger partial charge in [-0.05, 0) is 25.3 Å². The summed E-state index contributed by atoms with van der Waals surface area (Å²) in [4.78, 5) is 11.0. The third kappa shape index (κ3) is 4.16. The van der Waals surface area contributed by atoms with Crippen LogP contribution in [-0.4, -0.2) is 29.4 Å². The van der Waals surface area contributed by atoms with Gasteiger partial charge in [0.1, 0.15) is 6.61 Å². The number of H-pyrrole nitrogens is 1. The molecule has 0 saturated carbocycles. The highest BCUT2D eigenvalue weighted by Gasteiger charge is 2.02. The molecule has 16 heavy (non-hydrogen) atoms. The summed E-state index contributed by atoms with van der Waals surface area (Å²) in [5.74, 6) is 0. The first-order valence-electron chi connectivity index (χ1n) is 5.24. The van der Waals surface area contributed by atoms with Gasteiger partial charge in [0.05, 0.1) is 6.20 Å². The summed E-state index contributed by atoms with van der Waals surface area (Å²) in [7, 11) is 0. The van der Waals surface area contributed by atoms with Crippen LogP contribution >= 0.6 is 0 Å². The molecule has 5 heteroatoms. The molecule has 1 aromatic rings. The standard InChI is InChI=1S/C11H17N3O2/c1-3-7-16-11(15)12-6-4-5-10-8-13-14-9(10)2/h3,8H,1,4-7H2,2H3,(H,12,15)(H,13,14). The first kappa shape index (κ1) is 12.3. The molecule has 5 nitrogen and oxygen atoms in total. The Morgan fingerprint density at radius 1 is 1.75 bits per heavy atom. The minimum Gasteiger partial charge on any atom is -0.445 e. The molecule has 1 amide bonds. The van der Waals surface area contributed by atoms with Crippen molar-refractivity contribution in [3.63, 3.8) is 0 Å². The molecule has 0 aliphatic carbocycles. The van der Waals surface area contributed by atoms with Crippen LogP contribution in [0.25, 0.3) is 0 Å². The van der Waals surface area contributed by atoms with E-state index >= 15 is 0 Å². The largest absolute Gasteiger partial charge is 0.445 e. The van der Waals surface area contributed by atoms with Gasteiger partial charge in [-0.15, -0.1) is 0 Å².